The van der Waals surface area contributed by atoms with E-state index in [9.17, 15) is 9.59 Å². The second-order valence-electron chi connectivity index (χ2n) is 4.15. The second-order valence-corrected chi connectivity index (χ2v) is 5.00. The summed E-state index contributed by atoms with van der Waals surface area (Å²) in [6.07, 6.45) is 1.89. The fourth-order valence-corrected chi connectivity index (χ4v) is 1.90. The highest BCUT2D eigenvalue weighted by Crippen LogP contribution is 2.12. The first-order chi connectivity index (χ1) is 7.95. The SMILES string of the molecule is CCC[C@@H](C)NC(=O)c1cc(Br)c(C)[nH]c1=O. The van der Waals surface area contributed by atoms with Gasteiger partial charge in [-0.25, -0.2) is 0 Å². The van der Waals surface area contributed by atoms with E-state index in [0.29, 0.717) is 5.69 Å². The first-order valence-corrected chi connectivity index (χ1v) is 6.45. The van der Waals surface area contributed by atoms with Crippen molar-refractivity contribution in [3.05, 3.63) is 32.2 Å². The van der Waals surface area contributed by atoms with E-state index in [4.69, 9.17) is 0 Å². The molecule has 1 rings (SSSR count). The third-order valence-electron chi connectivity index (χ3n) is 2.52. The minimum absolute atomic E-state index is 0.0759. The van der Waals surface area contributed by atoms with Gasteiger partial charge >= 0.3 is 0 Å². The van der Waals surface area contributed by atoms with Crippen molar-refractivity contribution < 1.29 is 4.79 Å². The van der Waals surface area contributed by atoms with Crippen molar-refractivity contribution in [1.29, 1.82) is 0 Å². The Bertz CT molecular complexity index is 468. The first kappa shape index (κ1) is 14.0. The number of pyridine rings is 1. The molecule has 0 fully saturated rings. The van der Waals surface area contributed by atoms with Gasteiger partial charge in [0.1, 0.15) is 5.56 Å². The van der Waals surface area contributed by atoms with Crippen molar-refractivity contribution in [2.24, 2.45) is 0 Å². The van der Waals surface area contributed by atoms with Crippen molar-refractivity contribution in [3.8, 4) is 0 Å². The van der Waals surface area contributed by atoms with E-state index >= 15 is 0 Å². The summed E-state index contributed by atoms with van der Waals surface area (Å²) < 4.78 is 0.727. The number of amides is 1. The van der Waals surface area contributed by atoms with Crippen LogP contribution in [-0.4, -0.2) is 16.9 Å². The number of aromatic amines is 1. The number of H-pyrrole nitrogens is 1. The van der Waals surface area contributed by atoms with E-state index in [1.165, 1.54) is 0 Å². The van der Waals surface area contributed by atoms with Crippen LogP contribution in [0.4, 0.5) is 0 Å². The number of nitrogens with one attached hydrogen (secondary N) is 2. The summed E-state index contributed by atoms with van der Waals surface area (Å²) in [5.74, 6) is -0.326. The van der Waals surface area contributed by atoms with Gasteiger partial charge in [-0.1, -0.05) is 13.3 Å². The van der Waals surface area contributed by atoms with Crippen LogP contribution in [0.15, 0.2) is 15.3 Å². The topological polar surface area (TPSA) is 62.0 Å². The summed E-state index contributed by atoms with van der Waals surface area (Å²) in [4.78, 5) is 26.1. The van der Waals surface area contributed by atoms with E-state index in [0.717, 1.165) is 17.3 Å². The van der Waals surface area contributed by atoms with Crippen LogP contribution in [0.2, 0.25) is 0 Å². The molecular weight excluding hydrogens is 284 g/mol. The molecule has 2 N–H and O–H groups in total. The lowest BCUT2D eigenvalue weighted by atomic mass is 10.1. The Labute approximate surface area is 109 Å². The van der Waals surface area contributed by atoms with Gasteiger partial charge in [-0.15, -0.1) is 0 Å². The molecule has 0 radical (unpaired) electrons. The van der Waals surface area contributed by atoms with Crippen LogP contribution in [0.5, 0.6) is 0 Å². The van der Waals surface area contributed by atoms with Crippen molar-refractivity contribution in [3.63, 3.8) is 0 Å². The third kappa shape index (κ3) is 3.70. The minimum atomic E-state index is -0.355. The van der Waals surface area contributed by atoms with Gasteiger partial charge in [0.15, 0.2) is 0 Å². The Morgan fingerprint density at radius 1 is 1.59 bits per heavy atom. The van der Waals surface area contributed by atoms with Crippen LogP contribution in [0.1, 0.15) is 42.7 Å². The highest BCUT2D eigenvalue weighted by molar-refractivity contribution is 9.10. The van der Waals surface area contributed by atoms with Crippen molar-refractivity contribution >= 4 is 21.8 Å². The minimum Gasteiger partial charge on any atom is -0.349 e. The maximum absolute atomic E-state index is 11.9. The van der Waals surface area contributed by atoms with Gasteiger partial charge in [0, 0.05) is 16.2 Å². The number of aromatic nitrogens is 1. The van der Waals surface area contributed by atoms with E-state index < -0.39 is 0 Å². The molecule has 0 saturated heterocycles. The van der Waals surface area contributed by atoms with Gasteiger partial charge in [0.2, 0.25) is 0 Å². The Morgan fingerprint density at radius 3 is 2.82 bits per heavy atom. The number of hydrogen-bond acceptors (Lipinski definition) is 2. The average molecular weight is 301 g/mol. The lowest BCUT2D eigenvalue weighted by molar-refractivity contribution is 0.0936. The molecule has 1 heterocycles. The van der Waals surface area contributed by atoms with Crippen LogP contribution in [0, 0.1) is 6.92 Å². The lowest BCUT2D eigenvalue weighted by Gasteiger charge is -2.12. The number of rotatable bonds is 4. The van der Waals surface area contributed by atoms with Crippen LogP contribution in [-0.2, 0) is 0 Å². The zero-order valence-corrected chi connectivity index (χ0v) is 11.8. The zero-order chi connectivity index (χ0) is 13.0. The molecule has 0 aliphatic rings. The van der Waals surface area contributed by atoms with Gasteiger partial charge in [-0.2, -0.15) is 0 Å². The van der Waals surface area contributed by atoms with Crippen molar-refractivity contribution in [2.75, 3.05) is 0 Å². The third-order valence-corrected chi connectivity index (χ3v) is 3.34. The molecule has 5 heteroatoms. The molecule has 17 heavy (non-hydrogen) atoms. The van der Waals surface area contributed by atoms with Gasteiger partial charge in [0.05, 0.1) is 0 Å². The smallest absolute Gasteiger partial charge is 0.261 e. The normalized spacial score (nSPS) is 12.2. The predicted octanol–water partition coefficient (Wildman–Crippen LogP) is 2.36. The number of carbonyl (C=O) groups excluding carboxylic acids is 1. The molecule has 94 valence electrons. The van der Waals surface area contributed by atoms with Crippen LogP contribution < -0.4 is 10.9 Å². The highest BCUT2D eigenvalue weighted by atomic mass is 79.9. The summed E-state index contributed by atoms with van der Waals surface area (Å²) in [5, 5.41) is 2.80. The lowest BCUT2D eigenvalue weighted by Crippen LogP contribution is -2.36. The van der Waals surface area contributed by atoms with Gasteiger partial charge in [0.25, 0.3) is 11.5 Å². The standard InChI is InChI=1S/C12H17BrN2O2/c1-4-5-7(2)14-11(16)9-6-10(13)8(3)15-12(9)17/h6-7H,4-5H2,1-3H3,(H,14,16)(H,15,17)/t7-/m1/s1. The molecule has 1 atom stereocenters. The molecule has 0 aromatic carbocycles. The van der Waals surface area contributed by atoms with Crippen molar-refractivity contribution in [1.82, 2.24) is 10.3 Å². The summed E-state index contributed by atoms with van der Waals surface area (Å²) in [7, 11) is 0. The van der Waals surface area contributed by atoms with Gasteiger partial charge in [-0.05, 0) is 42.3 Å². The first-order valence-electron chi connectivity index (χ1n) is 5.66. The molecule has 1 aromatic rings. The zero-order valence-electron chi connectivity index (χ0n) is 10.3. The summed E-state index contributed by atoms with van der Waals surface area (Å²) in [6, 6.07) is 1.63. The van der Waals surface area contributed by atoms with Crippen LogP contribution >= 0.6 is 15.9 Å². The maximum Gasteiger partial charge on any atom is 0.261 e. The molecular formula is C12H17BrN2O2. The Kier molecular flexibility index (Phi) is 4.93. The quantitative estimate of drug-likeness (QED) is 0.897. The molecule has 0 aliphatic carbocycles. The largest absolute Gasteiger partial charge is 0.349 e. The number of aryl methyl sites for hydroxylation is 1. The monoisotopic (exact) mass is 300 g/mol. The molecule has 0 spiro atoms. The molecule has 1 amide bonds. The average Bonchev–Trinajstić information content (AvgIpc) is 2.23. The molecule has 0 aliphatic heterocycles. The van der Waals surface area contributed by atoms with Gasteiger partial charge < -0.3 is 10.3 Å². The highest BCUT2D eigenvalue weighted by Gasteiger charge is 2.14. The molecule has 0 saturated carbocycles. The van der Waals surface area contributed by atoms with Crippen molar-refractivity contribution in [2.45, 2.75) is 39.7 Å². The Morgan fingerprint density at radius 2 is 2.24 bits per heavy atom. The summed E-state index contributed by atoms with van der Waals surface area (Å²) >= 11 is 3.30. The Balaban J connectivity index is 2.90. The summed E-state index contributed by atoms with van der Waals surface area (Å²) in [5.41, 5.74) is 0.505. The number of carbonyl (C=O) groups is 1. The molecule has 4 nitrogen and oxygen atoms in total. The van der Waals surface area contributed by atoms with E-state index in [1.54, 1.807) is 13.0 Å². The molecule has 0 unspecified atom stereocenters. The van der Waals surface area contributed by atoms with Crippen LogP contribution in [0.25, 0.3) is 0 Å². The fraction of sp³-hybridized carbons (Fsp3) is 0.500. The molecule has 1 aromatic heterocycles. The number of hydrogen-bond donors (Lipinski definition) is 2. The van der Waals surface area contributed by atoms with Gasteiger partial charge in [-0.3, -0.25) is 9.59 Å². The number of halogens is 1. The van der Waals surface area contributed by atoms with E-state index in [2.05, 4.69) is 33.2 Å². The fourth-order valence-electron chi connectivity index (χ4n) is 1.57. The molecule has 0 bridgehead atoms. The summed E-state index contributed by atoms with van der Waals surface area (Å²) in [6.45, 7) is 5.75. The second kappa shape index (κ2) is 6.00. The Hall–Kier alpha value is -1.10. The van der Waals surface area contributed by atoms with E-state index in [-0.39, 0.29) is 23.1 Å². The predicted molar refractivity (Wildman–Crippen MR) is 71.3 cm³/mol. The van der Waals surface area contributed by atoms with Crippen LogP contribution in [0.3, 0.4) is 0 Å². The maximum atomic E-state index is 11.9. The van der Waals surface area contributed by atoms with E-state index in [1.807, 2.05) is 6.92 Å².